The topological polar surface area (TPSA) is 20.2 Å². The van der Waals surface area contributed by atoms with E-state index in [1.54, 1.807) is 0 Å². The van der Waals surface area contributed by atoms with Crippen molar-refractivity contribution in [2.75, 3.05) is 0 Å². The number of aliphatic hydroxyl groups excluding tert-OH is 1. The molecule has 1 rings (SSSR count). The first kappa shape index (κ1) is 13.5. The van der Waals surface area contributed by atoms with Crippen LogP contribution in [0.5, 0.6) is 0 Å². The molecule has 0 aliphatic heterocycles. The molecule has 0 aliphatic carbocycles. The number of hydrogen-bond donors (Lipinski definition) is 1. The van der Waals surface area contributed by atoms with Gasteiger partial charge in [0.05, 0.1) is 6.10 Å². The van der Waals surface area contributed by atoms with E-state index in [1.807, 2.05) is 0 Å². The number of unbranched alkanes of at least 4 members (excludes halogenated alkanes) is 3. The Morgan fingerprint density at radius 2 is 2.06 bits per heavy atom. The monoisotopic (exact) mass is 244 g/mol. The molecule has 1 aromatic carbocycles. The standard InChI is InChI=1S/C13H18ClFO/c1-2-3-4-5-6-13(16)11-9-10(14)7-8-12(11)15/h7-9,13,16H,2-6H2,1H3. The fourth-order valence-corrected chi connectivity index (χ4v) is 1.87. The largest absolute Gasteiger partial charge is 0.388 e. The molecule has 1 aromatic rings. The Labute approximate surface area is 101 Å². The first-order valence-corrected chi connectivity index (χ1v) is 6.16. The van der Waals surface area contributed by atoms with E-state index in [-0.39, 0.29) is 5.82 Å². The van der Waals surface area contributed by atoms with Crippen molar-refractivity contribution in [3.05, 3.63) is 34.6 Å². The second kappa shape index (κ2) is 6.87. The van der Waals surface area contributed by atoms with Crippen LogP contribution < -0.4 is 0 Å². The van der Waals surface area contributed by atoms with E-state index in [2.05, 4.69) is 6.92 Å². The number of hydrogen-bond acceptors (Lipinski definition) is 1. The van der Waals surface area contributed by atoms with Gasteiger partial charge in [0.2, 0.25) is 0 Å². The first-order chi connectivity index (χ1) is 7.65. The Bertz CT molecular complexity index is 328. The van der Waals surface area contributed by atoms with Crippen molar-refractivity contribution in [2.24, 2.45) is 0 Å². The zero-order valence-electron chi connectivity index (χ0n) is 9.55. The zero-order chi connectivity index (χ0) is 12.0. The lowest BCUT2D eigenvalue weighted by Gasteiger charge is -2.12. The molecule has 0 spiro atoms. The van der Waals surface area contributed by atoms with Crippen molar-refractivity contribution in [2.45, 2.75) is 45.1 Å². The van der Waals surface area contributed by atoms with E-state index in [0.717, 1.165) is 25.7 Å². The van der Waals surface area contributed by atoms with E-state index < -0.39 is 6.10 Å². The lowest BCUT2D eigenvalue weighted by atomic mass is 10.0. The SMILES string of the molecule is CCCCCCC(O)c1cc(Cl)ccc1F. The molecule has 0 radical (unpaired) electrons. The average Bonchev–Trinajstić information content (AvgIpc) is 2.27. The normalized spacial score (nSPS) is 12.8. The lowest BCUT2D eigenvalue weighted by molar-refractivity contribution is 0.159. The van der Waals surface area contributed by atoms with E-state index in [0.29, 0.717) is 17.0 Å². The van der Waals surface area contributed by atoms with Gasteiger partial charge in [-0.3, -0.25) is 0 Å². The Hall–Kier alpha value is -0.600. The minimum absolute atomic E-state index is 0.309. The highest BCUT2D eigenvalue weighted by Gasteiger charge is 2.12. The van der Waals surface area contributed by atoms with Crippen molar-refractivity contribution in [1.82, 2.24) is 0 Å². The van der Waals surface area contributed by atoms with Crippen LogP contribution in [0.1, 0.15) is 50.7 Å². The van der Waals surface area contributed by atoms with Gasteiger partial charge in [0.15, 0.2) is 0 Å². The highest BCUT2D eigenvalue weighted by Crippen LogP contribution is 2.25. The van der Waals surface area contributed by atoms with Gasteiger partial charge in [-0.1, -0.05) is 44.2 Å². The zero-order valence-corrected chi connectivity index (χ0v) is 10.3. The van der Waals surface area contributed by atoms with Crippen LogP contribution in [0.3, 0.4) is 0 Å². The van der Waals surface area contributed by atoms with Gasteiger partial charge in [-0.15, -0.1) is 0 Å². The predicted octanol–water partition coefficient (Wildman–Crippen LogP) is 4.48. The van der Waals surface area contributed by atoms with Crippen LogP contribution in [0.25, 0.3) is 0 Å². The number of halogens is 2. The van der Waals surface area contributed by atoms with Crippen LogP contribution in [0.4, 0.5) is 4.39 Å². The Balaban J connectivity index is 2.51. The van der Waals surface area contributed by atoms with E-state index in [4.69, 9.17) is 11.6 Å². The summed E-state index contributed by atoms with van der Waals surface area (Å²) in [7, 11) is 0. The van der Waals surface area contributed by atoms with Gasteiger partial charge in [0.1, 0.15) is 5.82 Å². The summed E-state index contributed by atoms with van der Waals surface area (Å²) < 4.78 is 13.4. The summed E-state index contributed by atoms with van der Waals surface area (Å²) in [6.45, 7) is 2.13. The molecule has 0 aromatic heterocycles. The third-order valence-corrected chi connectivity index (χ3v) is 2.88. The van der Waals surface area contributed by atoms with Crippen molar-refractivity contribution in [3.63, 3.8) is 0 Å². The second-order valence-corrected chi connectivity index (χ2v) is 4.47. The number of rotatable bonds is 6. The maximum absolute atomic E-state index is 13.4. The molecule has 90 valence electrons. The van der Waals surface area contributed by atoms with Gasteiger partial charge in [0, 0.05) is 10.6 Å². The molecule has 0 aliphatic rings. The van der Waals surface area contributed by atoms with Crippen LogP contribution in [-0.4, -0.2) is 5.11 Å². The van der Waals surface area contributed by atoms with E-state index >= 15 is 0 Å². The van der Waals surface area contributed by atoms with Crippen LogP contribution in [0.2, 0.25) is 5.02 Å². The summed E-state index contributed by atoms with van der Waals surface area (Å²) in [5, 5.41) is 10.3. The van der Waals surface area contributed by atoms with Gasteiger partial charge in [-0.2, -0.15) is 0 Å². The highest BCUT2D eigenvalue weighted by atomic mass is 35.5. The fraction of sp³-hybridized carbons (Fsp3) is 0.538. The molecule has 1 nitrogen and oxygen atoms in total. The maximum atomic E-state index is 13.4. The van der Waals surface area contributed by atoms with Gasteiger partial charge in [-0.05, 0) is 24.6 Å². The minimum Gasteiger partial charge on any atom is -0.388 e. The van der Waals surface area contributed by atoms with Gasteiger partial charge in [0.25, 0.3) is 0 Å². The number of benzene rings is 1. The van der Waals surface area contributed by atoms with Crippen molar-refractivity contribution in [1.29, 1.82) is 0 Å². The third kappa shape index (κ3) is 4.11. The molecule has 1 N–H and O–H groups in total. The summed E-state index contributed by atoms with van der Waals surface area (Å²) in [4.78, 5) is 0. The van der Waals surface area contributed by atoms with Crippen LogP contribution in [-0.2, 0) is 0 Å². The van der Waals surface area contributed by atoms with Crippen molar-refractivity contribution in [3.8, 4) is 0 Å². The molecule has 0 saturated carbocycles. The van der Waals surface area contributed by atoms with E-state index in [1.165, 1.54) is 18.2 Å². The molecule has 0 amide bonds. The van der Waals surface area contributed by atoms with Crippen LogP contribution in [0, 0.1) is 5.82 Å². The average molecular weight is 245 g/mol. The van der Waals surface area contributed by atoms with Crippen LogP contribution >= 0.6 is 11.6 Å². The van der Waals surface area contributed by atoms with Crippen LogP contribution in [0.15, 0.2) is 18.2 Å². The Kier molecular flexibility index (Phi) is 5.78. The lowest BCUT2D eigenvalue weighted by Crippen LogP contribution is -2.00. The van der Waals surface area contributed by atoms with Gasteiger partial charge < -0.3 is 5.11 Å². The summed E-state index contributed by atoms with van der Waals surface area (Å²) in [5.41, 5.74) is 0.309. The molecule has 1 unspecified atom stereocenters. The highest BCUT2D eigenvalue weighted by molar-refractivity contribution is 6.30. The minimum atomic E-state index is -0.740. The molecule has 0 fully saturated rings. The van der Waals surface area contributed by atoms with Gasteiger partial charge >= 0.3 is 0 Å². The predicted molar refractivity (Wildman–Crippen MR) is 65.1 cm³/mol. The molecule has 0 heterocycles. The molecular weight excluding hydrogens is 227 g/mol. The molecule has 0 saturated heterocycles. The van der Waals surface area contributed by atoms with Gasteiger partial charge in [-0.25, -0.2) is 4.39 Å². The fourth-order valence-electron chi connectivity index (χ4n) is 1.69. The molecule has 0 bridgehead atoms. The molecule has 1 atom stereocenters. The summed E-state index contributed by atoms with van der Waals surface area (Å²) in [6, 6.07) is 4.29. The quantitative estimate of drug-likeness (QED) is 0.732. The first-order valence-electron chi connectivity index (χ1n) is 5.78. The molecule has 16 heavy (non-hydrogen) atoms. The second-order valence-electron chi connectivity index (χ2n) is 4.03. The maximum Gasteiger partial charge on any atom is 0.129 e. The van der Waals surface area contributed by atoms with E-state index in [9.17, 15) is 9.50 Å². The van der Waals surface area contributed by atoms with Crippen molar-refractivity contribution >= 4 is 11.6 Å². The third-order valence-electron chi connectivity index (χ3n) is 2.65. The summed E-state index contributed by atoms with van der Waals surface area (Å²) >= 11 is 5.77. The Morgan fingerprint density at radius 1 is 1.31 bits per heavy atom. The summed E-state index contributed by atoms with van der Waals surface area (Å²) in [5.74, 6) is -0.382. The molecular formula is C13H18ClFO. The smallest absolute Gasteiger partial charge is 0.129 e. The Morgan fingerprint density at radius 3 is 2.75 bits per heavy atom. The summed E-state index contributed by atoms with van der Waals surface area (Å²) in [6.07, 6.45) is 4.16. The van der Waals surface area contributed by atoms with Crippen molar-refractivity contribution < 1.29 is 9.50 Å². The number of aliphatic hydroxyl groups is 1. The molecule has 3 heteroatoms.